The molecule has 9 N–H and O–H groups in total. The Morgan fingerprint density at radius 2 is 1.17 bits per heavy atom. The summed E-state index contributed by atoms with van der Waals surface area (Å²) in [5.74, 6) is -2.41. The Balaban J connectivity index is 0.000000571. The first-order valence-electron chi connectivity index (χ1n) is 28.3. The molecule has 0 radical (unpaired) electrons. The van der Waals surface area contributed by atoms with Crippen LogP contribution in [-0.2, 0) is 29.9 Å². The van der Waals surface area contributed by atoms with Crippen molar-refractivity contribution < 1.29 is 82.7 Å². The van der Waals surface area contributed by atoms with E-state index in [0.717, 1.165) is 74.1 Å². The highest BCUT2D eigenvalue weighted by molar-refractivity contribution is 7.72. The highest BCUT2D eigenvalue weighted by Crippen LogP contribution is 2.68. The minimum Gasteiger partial charge on any atom is -0.508 e. The molecule has 0 aromatic heterocycles. The molecule has 83 heavy (non-hydrogen) atoms. The normalized spacial score (nSPS) is 11.3. The highest BCUT2D eigenvalue weighted by Gasteiger charge is 2.59. The maximum absolute atomic E-state index is 11.9. The van der Waals surface area contributed by atoms with Crippen LogP contribution in [0.4, 0.5) is 11.4 Å². The number of phenols is 1. The second-order valence-electron chi connectivity index (χ2n) is 19.8. The van der Waals surface area contributed by atoms with Crippen LogP contribution in [0.1, 0.15) is 190 Å². The number of rotatable bonds is 37. The van der Waals surface area contributed by atoms with E-state index in [0.29, 0.717) is 43.2 Å². The summed E-state index contributed by atoms with van der Waals surface area (Å²) in [5.41, 5.74) is 2.32. The van der Waals surface area contributed by atoms with Crippen LogP contribution in [0, 0.1) is 10.1 Å². The zero-order valence-corrected chi connectivity index (χ0v) is 50.1. The number of ether oxygens (including phenoxy) is 2. The molecule has 0 bridgehead atoms. The molecular formula is C61H88N2O18P2. The number of carboxylic acid groups (broad SMARTS) is 3. The van der Waals surface area contributed by atoms with Crippen molar-refractivity contribution in [2.45, 2.75) is 180 Å². The van der Waals surface area contributed by atoms with Crippen LogP contribution in [0.15, 0.2) is 115 Å². The number of carbonyl (C=O) groups is 4. The van der Waals surface area contributed by atoms with Gasteiger partial charge in [0.05, 0.1) is 23.5 Å². The maximum atomic E-state index is 11.9. The highest BCUT2D eigenvalue weighted by atomic mass is 31.2. The predicted molar refractivity (Wildman–Crippen MR) is 323 cm³/mol. The Morgan fingerprint density at radius 3 is 1.66 bits per heavy atom. The number of aromatic carboxylic acids is 1. The SMILES string of the molecule is C=CCCCCCCCCCC(=Cc1cccc([N+](=O)[O-])c1)C(=O)O.CC(Oc1ccc(O)cc1)(P(=O)(O)O)P(=O)(O)O.CCCCCCCCCCCCCCCC(=O)Nc1cccc(C(=O)O)c1.CCOc1cccc(CC(=O)O)c1. The van der Waals surface area contributed by atoms with Crippen LogP contribution < -0.4 is 14.8 Å². The lowest BCUT2D eigenvalue weighted by atomic mass is 10.0. The first-order valence-corrected chi connectivity index (χ1v) is 31.5. The summed E-state index contributed by atoms with van der Waals surface area (Å²) < 4.78 is 32.4. The second kappa shape index (κ2) is 42.2. The van der Waals surface area contributed by atoms with Crippen LogP contribution >= 0.6 is 15.2 Å². The van der Waals surface area contributed by atoms with Crippen molar-refractivity contribution in [3.05, 3.63) is 142 Å². The lowest BCUT2D eigenvalue weighted by Gasteiger charge is -2.31. The third kappa shape index (κ3) is 33.9. The number of nitrogens with one attached hydrogen (secondary N) is 1. The largest absolute Gasteiger partial charge is 0.508 e. The number of allylic oxidation sites excluding steroid dienone is 1. The van der Waals surface area contributed by atoms with Crippen molar-refractivity contribution in [1.82, 2.24) is 0 Å². The number of benzene rings is 4. The molecule has 0 aliphatic carbocycles. The molecule has 20 nitrogen and oxygen atoms in total. The number of carboxylic acids is 3. The minimum absolute atomic E-state index is 0.0325. The van der Waals surface area contributed by atoms with Crippen molar-refractivity contribution in [3.63, 3.8) is 0 Å². The van der Waals surface area contributed by atoms with Crippen LogP contribution in [0.25, 0.3) is 6.08 Å². The summed E-state index contributed by atoms with van der Waals surface area (Å²) in [6.07, 6.45) is 30.0. The number of unbranched alkanes of at least 4 members (excludes halogenated alkanes) is 19. The van der Waals surface area contributed by atoms with Crippen LogP contribution in [-0.4, -0.2) is 80.4 Å². The molecule has 460 valence electrons. The fraction of sp³-hybridized carbons (Fsp3) is 0.475. The zero-order valence-electron chi connectivity index (χ0n) is 48.3. The summed E-state index contributed by atoms with van der Waals surface area (Å²) in [7, 11) is -10.5. The molecule has 0 fully saturated rings. The van der Waals surface area contributed by atoms with E-state index in [1.54, 1.807) is 42.5 Å². The molecule has 4 aromatic rings. The number of non-ortho nitro benzene ring substituents is 1. The van der Waals surface area contributed by atoms with E-state index in [-0.39, 0.29) is 35.1 Å². The topological polar surface area (TPSA) is 338 Å². The fourth-order valence-electron chi connectivity index (χ4n) is 8.03. The number of amides is 1. The van der Waals surface area contributed by atoms with E-state index < -0.39 is 43.1 Å². The molecule has 0 aliphatic rings. The molecule has 4 aromatic carbocycles. The summed E-state index contributed by atoms with van der Waals surface area (Å²) in [5, 5.41) is 46.4. The smallest absolute Gasteiger partial charge is 0.381 e. The summed E-state index contributed by atoms with van der Waals surface area (Å²) in [4.78, 5) is 91.1. The van der Waals surface area contributed by atoms with Crippen LogP contribution in [0.5, 0.6) is 17.2 Å². The van der Waals surface area contributed by atoms with E-state index in [1.807, 2.05) is 19.1 Å². The number of nitro groups is 1. The second-order valence-corrected chi connectivity index (χ2v) is 24.1. The van der Waals surface area contributed by atoms with Gasteiger partial charge in [-0.05, 0) is 118 Å². The Morgan fingerprint density at radius 1 is 0.651 bits per heavy atom. The van der Waals surface area contributed by atoms with Gasteiger partial charge in [0.1, 0.15) is 17.2 Å². The van der Waals surface area contributed by atoms with Gasteiger partial charge in [-0.3, -0.25) is 28.8 Å². The number of aliphatic carboxylic acids is 2. The van der Waals surface area contributed by atoms with E-state index in [2.05, 4.69) is 18.8 Å². The van der Waals surface area contributed by atoms with Crippen LogP contribution in [0.2, 0.25) is 0 Å². The molecule has 1 amide bonds. The van der Waals surface area contributed by atoms with Gasteiger partial charge in [0.15, 0.2) is 0 Å². The van der Waals surface area contributed by atoms with Gasteiger partial charge in [-0.1, -0.05) is 152 Å². The monoisotopic (exact) mass is 1200 g/mol. The van der Waals surface area contributed by atoms with E-state index in [9.17, 15) is 43.5 Å². The van der Waals surface area contributed by atoms with Crippen molar-refractivity contribution in [2.75, 3.05) is 11.9 Å². The quantitative estimate of drug-likeness (QED) is 0.00506. The number of nitro benzene ring substituents is 1. The lowest BCUT2D eigenvalue weighted by Crippen LogP contribution is -2.32. The summed E-state index contributed by atoms with van der Waals surface area (Å²) >= 11 is 0. The van der Waals surface area contributed by atoms with E-state index in [1.165, 1.54) is 127 Å². The number of hydrogen-bond donors (Lipinski definition) is 9. The van der Waals surface area contributed by atoms with E-state index >= 15 is 0 Å². The Kier molecular flexibility index (Phi) is 37.8. The predicted octanol–water partition coefficient (Wildman–Crippen LogP) is 15.1. The molecule has 0 saturated heterocycles. The van der Waals surface area contributed by atoms with E-state index in [4.69, 9.17) is 44.4 Å². The van der Waals surface area contributed by atoms with Gasteiger partial charge >= 0.3 is 38.2 Å². The van der Waals surface area contributed by atoms with Crippen molar-refractivity contribution in [3.8, 4) is 17.2 Å². The van der Waals surface area contributed by atoms with Gasteiger partial charge in [-0.25, -0.2) is 9.59 Å². The Bertz CT molecular complexity index is 2660. The molecule has 0 atom stereocenters. The van der Waals surface area contributed by atoms with Crippen molar-refractivity contribution in [1.29, 1.82) is 0 Å². The molecule has 22 heteroatoms. The maximum Gasteiger partial charge on any atom is 0.381 e. The van der Waals surface area contributed by atoms with Gasteiger partial charge in [-0.15, -0.1) is 6.58 Å². The number of hydrogen-bond acceptors (Lipinski definition) is 11. The third-order valence-electron chi connectivity index (χ3n) is 12.7. The average Bonchev–Trinajstić information content (AvgIpc) is 3.59. The molecule has 0 aliphatic heterocycles. The van der Waals surface area contributed by atoms with Crippen molar-refractivity contribution >= 4 is 56.5 Å². The molecule has 0 spiro atoms. The van der Waals surface area contributed by atoms with Crippen molar-refractivity contribution in [2.24, 2.45) is 0 Å². The van der Waals surface area contributed by atoms with Gasteiger partial charge in [-0.2, -0.15) is 0 Å². The number of aromatic hydroxyl groups is 1. The van der Waals surface area contributed by atoms with Gasteiger partial charge < -0.3 is 54.8 Å². The molecule has 0 unspecified atom stereocenters. The van der Waals surface area contributed by atoms with Gasteiger partial charge in [0, 0.05) is 29.8 Å². The number of anilines is 1. The Hall–Kier alpha value is -6.66. The molecular weight excluding hydrogens is 1110 g/mol. The van der Waals surface area contributed by atoms with Crippen LogP contribution in [0.3, 0.4) is 0 Å². The lowest BCUT2D eigenvalue weighted by molar-refractivity contribution is -0.384. The van der Waals surface area contributed by atoms with Gasteiger partial charge in [0.25, 0.3) is 5.69 Å². The fourth-order valence-corrected chi connectivity index (χ4v) is 9.83. The molecule has 4 rings (SSSR count). The number of carbonyl (C=O) groups excluding carboxylic acids is 1. The number of nitrogens with zero attached hydrogens (tertiary/aromatic N) is 1. The first-order chi connectivity index (χ1) is 39.4. The average molecular weight is 1200 g/mol. The molecule has 0 heterocycles. The molecule has 0 saturated carbocycles. The first kappa shape index (κ1) is 74.4. The zero-order chi connectivity index (χ0) is 62.1. The summed E-state index contributed by atoms with van der Waals surface area (Å²) in [6, 6.07) is 24.1. The minimum atomic E-state index is -5.23. The summed E-state index contributed by atoms with van der Waals surface area (Å²) in [6.45, 7) is 9.08. The number of phenolic OH excluding ortho intramolecular Hbond substituents is 1. The standard InChI is InChI=1S/C23H37NO3.C20H27NO4.C10H12O3.C8H12O8P2/c1-2-3-4-5-6-7-8-9-10-11-12-13-14-18-22(25)24-21-17-15-16-20(19-21)23(26)27;1-2-3-4-5-6-7-8-9-10-13-18(20(22)23)15-17-12-11-14-19(16-17)21(24)25;1-2-13-9-5-3-4-8(6-9)7-10(11)12;1-8(17(10,11)12,18(13,14)15)16-7-4-2-6(9)3-5-7/h15-17,19H,2-14,18H2,1H3,(H,24,25)(H,26,27);2,11-12,14-16H,1,3-10,13H2,(H,22,23);3-6H,2,7H2,1H3,(H,11,12);2-5,9H,1H3,(H2,10,11,12)(H2,13,14,15). The Labute approximate surface area is 488 Å². The van der Waals surface area contributed by atoms with Gasteiger partial charge in [0.2, 0.25) is 5.91 Å². The third-order valence-corrected chi connectivity index (χ3v) is 16.7.